The first-order valence-electron chi connectivity index (χ1n) is 17.7. The number of halogens is 2. The van der Waals surface area contributed by atoms with Crippen LogP contribution >= 0.6 is 28.0 Å². The molecule has 0 aliphatic heterocycles. The van der Waals surface area contributed by atoms with Gasteiger partial charge in [-0.15, -0.1) is 0 Å². The molecule has 0 aliphatic rings. The first-order chi connectivity index (χ1) is 26.7. The molecular formula is C48H40Br2Ge4. The third-order valence-corrected chi connectivity index (χ3v) is 29.6. The van der Waals surface area contributed by atoms with Gasteiger partial charge in [-0.05, 0) is 0 Å². The first kappa shape index (κ1) is 42.0. The van der Waals surface area contributed by atoms with E-state index < -0.39 is 25.0 Å². The molecule has 8 rings (SSSR count). The molecule has 6 radical (unpaired) electrons. The summed E-state index contributed by atoms with van der Waals surface area (Å²) < 4.78 is 11.8. The van der Waals surface area contributed by atoms with E-state index in [1.54, 1.807) is 0 Å². The summed E-state index contributed by atoms with van der Waals surface area (Å²) in [6.07, 6.45) is 0. The van der Waals surface area contributed by atoms with E-state index >= 15 is 0 Å². The van der Waals surface area contributed by atoms with Crippen LogP contribution in [0.25, 0.3) is 0 Å². The van der Waals surface area contributed by atoms with Crippen molar-refractivity contribution in [2.24, 2.45) is 0 Å². The van der Waals surface area contributed by atoms with Crippen LogP contribution < -0.4 is 35.2 Å². The normalized spacial score (nSPS) is 10.1. The fraction of sp³-hybridized carbons (Fsp3) is 0. The average Bonchev–Trinajstić information content (AvgIpc) is 3.26. The van der Waals surface area contributed by atoms with E-state index in [0.29, 0.717) is 0 Å². The summed E-state index contributed by atoms with van der Waals surface area (Å²) in [5, 5.41) is 0. The van der Waals surface area contributed by atoms with Crippen molar-refractivity contribution in [1.29, 1.82) is 0 Å². The first-order valence-corrected chi connectivity index (χ1v) is 35.9. The molecule has 0 atom stereocenters. The van der Waals surface area contributed by atoms with E-state index in [9.17, 15) is 0 Å². The predicted octanol–water partition coefficient (Wildman–Crippen LogP) is 7.06. The molecule has 8 aromatic carbocycles. The second kappa shape index (κ2) is 25.1. The maximum absolute atomic E-state index is 3.86. The Morgan fingerprint density at radius 3 is 0.537 bits per heavy atom. The summed E-state index contributed by atoms with van der Waals surface area (Å²) in [7, 11) is 0. The molecule has 0 spiro atoms. The van der Waals surface area contributed by atoms with Crippen LogP contribution in [-0.2, 0) is 0 Å². The Morgan fingerprint density at radius 2 is 0.370 bits per heavy atom. The molecule has 0 amide bonds. The van der Waals surface area contributed by atoms with Gasteiger partial charge >= 0.3 is 362 Å². The number of hydrogen-bond acceptors (Lipinski definition) is 0. The van der Waals surface area contributed by atoms with Crippen LogP contribution in [0.15, 0.2) is 243 Å². The van der Waals surface area contributed by atoms with Gasteiger partial charge in [0.25, 0.3) is 0 Å². The van der Waals surface area contributed by atoms with E-state index in [1.807, 2.05) is 0 Å². The van der Waals surface area contributed by atoms with Crippen LogP contribution in [0.1, 0.15) is 0 Å². The third kappa shape index (κ3) is 15.6. The van der Waals surface area contributed by atoms with Crippen LogP contribution in [0.5, 0.6) is 0 Å². The van der Waals surface area contributed by atoms with Crippen molar-refractivity contribution in [1.82, 2.24) is 0 Å². The molecule has 0 saturated heterocycles. The fourth-order valence-corrected chi connectivity index (χ4v) is 20.5. The van der Waals surface area contributed by atoms with Crippen LogP contribution in [0.4, 0.5) is 0 Å². The van der Waals surface area contributed by atoms with Gasteiger partial charge in [0.1, 0.15) is 0 Å². The summed E-state index contributed by atoms with van der Waals surface area (Å²) in [6.45, 7) is 0. The van der Waals surface area contributed by atoms with Crippen molar-refractivity contribution in [2.45, 2.75) is 0 Å². The number of rotatable bonds is 8. The molecule has 0 nitrogen and oxygen atoms in total. The van der Waals surface area contributed by atoms with Gasteiger partial charge in [-0.3, -0.25) is 0 Å². The van der Waals surface area contributed by atoms with Gasteiger partial charge in [-0.25, -0.2) is 0 Å². The van der Waals surface area contributed by atoms with Gasteiger partial charge in [-0.1, -0.05) is 0 Å². The topological polar surface area (TPSA) is 0 Å². The van der Waals surface area contributed by atoms with Gasteiger partial charge in [-0.2, -0.15) is 0 Å². The van der Waals surface area contributed by atoms with Crippen LogP contribution in [0.2, 0.25) is 0 Å². The molecule has 54 heavy (non-hydrogen) atoms. The Hall–Kier alpha value is -3.11. The van der Waals surface area contributed by atoms with Crippen molar-refractivity contribution in [3.05, 3.63) is 243 Å². The van der Waals surface area contributed by atoms with E-state index in [4.69, 9.17) is 0 Å². The van der Waals surface area contributed by atoms with Crippen molar-refractivity contribution in [3.8, 4) is 0 Å². The zero-order valence-electron chi connectivity index (χ0n) is 29.8. The molecule has 0 N–H and O–H groups in total. The molecule has 0 bridgehead atoms. The van der Waals surface area contributed by atoms with E-state index in [1.165, 1.54) is 35.2 Å². The zero-order chi connectivity index (χ0) is 37.5. The number of benzene rings is 8. The minimum absolute atomic E-state index is 0.108. The SMILES string of the molecule is [Br][Ge]([c]1ccccc1)[c]1ccccc1.[Br][Ge]([c]1ccccc1)[c]1ccccc1.c1cc[c]([Ge][c]2ccccc2)cc1.c1cc[c]([Ge][c]2ccccc2)cc1. The molecule has 8 aromatic rings. The molecule has 0 aromatic heterocycles. The van der Waals surface area contributed by atoms with E-state index in [2.05, 4.69) is 271 Å². The second-order valence-corrected chi connectivity index (χ2v) is 33.4. The Kier molecular flexibility index (Phi) is 19.6. The molecule has 0 saturated carbocycles. The van der Waals surface area contributed by atoms with Gasteiger partial charge in [0.2, 0.25) is 0 Å². The summed E-state index contributed by atoms with van der Waals surface area (Å²) in [6, 6.07) is 85.6. The minimum atomic E-state index is -1.39. The maximum atomic E-state index is 3.86. The summed E-state index contributed by atoms with van der Waals surface area (Å²) in [5.74, 6) is 0. The summed E-state index contributed by atoms with van der Waals surface area (Å²) in [5.41, 5.74) is 0. The van der Waals surface area contributed by atoms with Gasteiger partial charge < -0.3 is 0 Å². The van der Waals surface area contributed by atoms with Crippen molar-refractivity contribution < 1.29 is 0 Å². The fourth-order valence-electron chi connectivity index (χ4n) is 5.09. The molecule has 0 heterocycles. The van der Waals surface area contributed by atoms with Crippen molar-refractivity contribution >= 4 is 119 Å². The van der Waals surface area contributed by atoms with Gasteiger partial charge in [0.05, 0.1) is 0 Å². The van der Waals surface area contributed by atoms with Crippen molar-refractivity contribution in [2.75, 3.05) is 0 Å². The standard InChI is InChI=1S/2C12H10BrGe.2C12H10Ge/c2*13-14(11-7-3-1-4-8-11)12-9-5-2-6-10-12;2*1-3-7-11(8-4-1)13-12-9-5-2-6-10-12/h2*1-10H;2*1-10H. The quantitative estimate of drug-likeness (QED) is 0.143. The average molecular weight is 1070 g/mol. The predicted molar refractivity (Wildman–Crippen MR) is 249 cm³/mol. The van der Waals surface area contributed by atoms with Gasteiger partial charge in [0.15, 0.2) is 0 Å². The monoisotopic (exact) mass is 1070 g/mol. The van der Waals surface area contributed by atoms with E-state index in [0.717, 1.165) is 0 Å². The molecule has 0 fully saturated rings. The Bertz CT molecular complexity index is 1800. The van der Waals surface area contributed by atoms with Crippen LogP contribution in [-0.4, -0.2) is 55.9 Å². The number of hydrogen-bond donors (Lipinski definition) is 0. The van der Waals surface area contributed by atoms with Crippen LogP contribution in [0, 0.1) is 0 Å². The molecule has 0 aliphatic carbocycles. The molecular weight excluding hydrogens is 1030 g/mol. The second-order valence-electron chi connectivity index (χ2n) is 11.8. The third-order valence-electron chi connectivity index (χ3n) is 7.78. The Morgan fingerprint density at radius 1 is 0.222 bits per heavy atom. The summed E-state index contributed by atoms with van der Waals surface area (Å²) in [4.78, 5) is 0. The van der Waals surface area contributed by atoms with Gasteiger partial charge in [0, 0.05) is 0 Å². The van der Waals surface area contributed by atoms with Crippen LogP contribution in [0.3, 0.4) is 0 Å². The zero-order valence-corrected chi connectivity index (χ0v) is 41.4. The summed E-state index contributed by atoms with van der Waals surface area (Å²) >= 11 is 4.73. The molecule has 0 unspecified atom stereocenters. The molecule has 262 valence electrons. The van der Waals surface area contributed by atoms with Crippen molar-refractivity contribution in [3.63, 3.8) is 0 Å². The Balaban J connectivity index is 0.000000139. The van der Waals surface area contributed by atoms with E-state index in [-0.39, 0.29) is 30.9 Å². The Labute approximate surface area is 357 Å². The molecule has 6 heteroatoms.